The monoisotopic (exact) mass is 849 g/mol. The molecule has 15 heteroatoms. The summed E-state index contributed by atoms with van der Waals surface area (Å²) in [5, 5.41) is 8.42. The van der Waals surface area contributed by atoms with Crippen molar-refractivity contribution in [2.45, 2.75) is 116 Å². The van der Waals surface area contributed by atoms with Crippen LogP contribution in [0.4, 0.5) is 9.59 Å². The van der Waals surface area contributed by atoms with Crippen LogP contribution in [0.5, 0.6) is 23.0 Å². The Labute approximate surface area is 358 Å². The molecule has 4 aliphatic carbocycles. The Kier molecular flexibility index (Phi) is 13.7. The number of benzene rings is 2. The van der Waals surface area contributed by atoms with E-state index in [1.165, 1.54) is 20.0 Å². The van der Waals surface area contributed by atoms with Gasteiger partial charge in [-0.2, -0.15) is 0 Å². The molecule has 5 atom stereocenters. The lowest BCUT2D eigenvalue weighted by molar-refractivity contribution is -0.141. The Morgan fingerprint density at radius 2 is 1.44 bits per heavy atom. The number of rotatable bonds is 17. The maximum atomic E-state index is 13.3. The van der Waals surface area contributed by atoms with Crippen molar-refractivity contribution in [2.24, 2.45) is 28.6 Å². The molecule has 5 fully saturated rings. The third-order valence-corrected chi connectivity index (χ3v) is 12.4. The minimum absolute atomic E-state index is 0.0408. The molecule has 1 heterocycles. The zero-order valence-corrected chi connectivity index (χ0v) is 36.9. The van der Waals surface area contributed by atoms with Crippen molar-refractivity contribution in [3.05, 3.63) is 47.5 Å². The molecule has 2 unspecified atom stereocenters. The SMILES string of the molecule is COc1ccc(C[C@H]2COC(=O)[C@@H]2Cc2ccc(OC(=O)CCCNC(=O)[C@H](COC(=O)NC34CC5CC(C)(CC(C)(C5)C3)C4)NC(=O)OC(C)(C)C)c(OC)c2)cc1OC. The van der Waals surface area contributed by atoms with Gasteiger partial charge in [-0.15, -0.1) is 0 Å². The third-order valence-electron chi connectivity index (χ3n) is 12.4. The lowest BCUT2D eigenvalue weighted by Crippen LogP contribution is -2.65. The molecule has 15 nitrogen and oxygen atoms in total. The van der Waals surface area contributed by atoms with Gasteiger partial charge in [-0.05, 0) is 131 Å². The van der Waals surface area contributed by atoms with Crippen LogP contribution in [0.25, 0.3) is 0 Å². The normalized spacial score (nSPS) is 26.7. The minimum atomic E-state index is -1.24. The van der Waals surface area contributed by atoms with Crippen LogP contribution in [0.15, 0.2) is 36.4 Å². The molecule has 2 aromatic rings. The van der Waals surface area contributed by atoms with E-state index in [2.05, 4.69) is 29.8 Å². The number of carbonyl (C=O) groups is 5. The molecule has 0 radical (unpaired) electrons. The standard InChI is InChI=1S/C46H63N3O12/c1-43(2,3)61-41(53)48-33(24-59-42(54)49-46-22-30-20-44(4,26-46)25-45(5,21-30)27-46)39(51)47-15-9-10-38(50)60-35-14-12-29(19-37(35)57-8)17-32-31(23-58-40(32)52)16-28-11-13-34(55-6)36(18-28)56-7/h11-14,18-19,30-33H,9-10,15-17,20-27H2,1-8H3,(H,47,51)(H,48,53)(H,49,54)/t30?,31-,32+,33-,44?,45?,46?/m0/s1. The highest BCUT2D eigenvalue weighted by molar-refractivity contribution is 5.86. The lowest BCUT2D eigenvalue weighted by Gasteiger charge is -2.65. The maximum absolute atomic E-state index is 13.3. The summed E-state index contributed by atoms with van der Waals surface area (Å²) in [7, 11) is 4.62. The summed E-state index contributed by atoms with van der Waals surface area (Å²) < 4.78 is 38.4. The first kappa shape index (κ1) is 45.3. The average molecular weight is 850 g/mol. The van der Waals surface area contributed by atoms with Gasteiger partial charge in [-0.25, -0.2) is 9.59 Å². The fraction of sp³-hybridized carbons (Fsp3) is 0.630. The van der Waals surface area contributed by atoms with E-state index in [1.807, 2.05) is 18.2 Å². The molecule has 3 amide bonds. The first-order chi connectivity index (χ1) is 28.8. The summed E-state index contributed by atoms with van der Waals surface area (Å²) in [6, 6.07) is 9.60. The van der Waals surface area contributed by atoms with Crippen LogP contribution in [0.2, 0.25) is 0 Å². The molecule has 4 bridgehead atoms. The molecule has 4 saturated carbocycles. The van der Waals surface area contributed by atoms with Gasteiger partial charge in [-0.1, -0.05) is 26.0 Å². The highest BCUT2D eigenvalue weighted by atomic mass is 16.6. The molecule has 5 aliphatic rings. The zero-order valence-electron chi connectivity index (χ0n) is 36.9. The van der Waals surface area contributed by atoms with Crippen LogP contribution >= 0.6 is 0 Å². The zero-order chi connectivity index (χ0) is 44.2. The van der Waals surface area contributed by atoms with E-state index in [9.17, 15) is 24.0 Å². The summed E-state index contributed by atoms with van der Waals surface area (Å²) in [5.41, 5.74) is 0.998. The van der Waals surface area contributed by atoms with Gasteiger partial charge in [0, 0.05) is 24.4 Å². The highest BCUT2D eigenvalue weighted by Crippen LogP contribution is 2.66. The van der Waals surface area contributed by atoms with Gasteiger partial charge in [0.25, 0.3) is 0 Å². The van der Waals surface area contributed by atoms with E-state index in [1.54, 1.807) is 53.2 Å². The van der Waals surface area contributed by atoms with E-state index in [-0.39, 0.29) is 59.3 Å². The maximum Gasteiger partial charge on any atom is 0.408 e. The predicted molar refractivity (Wildman–Crippen MR) is 224 cm³/mol. The number of cyclic esters (lactones) is 1. The van der Waals surface area contributed by atoms with Crippen molar-refractivity contribution in [1.82, 2.24) is 16.0 Å². The Balaban J connectivity index is 0.984. The Bertz CT molecular complexity index is 1940. The Morgan fingerprint density at radius 3 is 2.07 bits per heavy atom. The number of ether oxygens (including phenoxy) is 7. The highest BCUT2D eigenvalue weighted by Gasteiger charge is 2.60. The van der Waals surface area contributed by atoms with Gasteiger partial charge >= 0.3 is 24.1 Å². The molecule has 3 N–H and O–H groups in total. The fourth-order valence-corrected chi connectivity index (χ4v) is 10.9. The quantitative estimate of drug-likeness (QED) is 0.0684. The number of alkyl carbamates (subject to hydrolysis) is 2. The summed E-state index contributed by atoms with van der Waals surface area (Å²) in [5.74, 6) is 0.469. The Hall–Kier alpha value is -5.21. The number of nitrogens with one attached hydrogen (secondary N) is 3. The molecule has 2 aromatic carbocycles. The van der Waals surface area contributed by atoms with E-state index in [4.69, 9.17) is 33.2 Å². The summed E-state index contributed by atoms with van der Waals surface area (Å²) >= 11 is 0. The molecule has 0 aromatic heterocycles. The lowest BCUT2D eigenvalue weighted by atomic mass is 9.43. The molecular weight excluding hydrogens is 787 g/mol. The molecule has 7 rings (SSSR count). The number of hydrogen-bond donors (Lipinski definition) is 3. The Morgan fingerprint density at radius 1 is 0.820 bits per heavy atom. The molecule has 0 spiro atoms. The number of hydrogen-bond acceptors (Lipinski definition) is 12. The van der Waals surface area contributed by atoms with Crippen molar-refractivity contribution in [3.8, 4) is 23.0 Å². The van der Waals surface area contributed by atoms with Gasteiger partial charge < -0.3 is 49.1 Å². The second kappa shape index (κ2) is 18.4. The van der Waals surface area contributed by atoms with Crippen LogP contribution in [-0.4, -0.2) is 88.3 Å². The van der Waals surface area contributed by atoms with Gasteiger partial charge in [0.2, 0.25) is 5.91 Å². The second-order valence-corrected chi connectivity index (χ2v) is 19.3. The van der Waals surface area contributed by atoms with E-state index in [0.29, 0.717) is 42.6 Å². The summed E-state index contributed by atoms with van der Waals surface area (Å²) in [6.45, 7) is 9.70. The number of carbonyl (C=O) groups excluding carboxylic acids is 5. The first-order valence-electron chi connectivity index (χ1n) is 21.3. The smallest absolute Gasteiger partial charge is 0.408 e. The van der Waals surface area contributed by atoms with Crippen molar-refractivity contribution in [2.75, 3.05) is 41.1 Å². The molecule has 61 heavy (non-hydrogen) atoms. The van der Waals surface area contributed by atoms with Crippen molar-refractivity contribution >= 4 is 30.0 Å². The molecule has 1 aliphatic heterocycles. The summed E-state index contributed by atoms with van der Waals surface area (Å²) in [6.07, 6.45) is 5.94. The van der Waals surface area contributed by atoms with Gasteiger partial charge in [-0.3, -0.25) is 14.4 Å². The van der Waals surface area contributed by atoms with E-state index in [0.717, 1.165) is 36.8 Å². The van der Waals surface area contributed by atoms with Crippen LogP contribution in [0.3, 0.4) is 0 Å². The van der Waals surface area contributed by atoms with Crippen molar-refractivity contribution < 1.29 is 57.1 Å². The van der Waals surface area contributed by atoms with Crippen LogP contribution in [0, 0.1) is 28.6 Å². The topological polar surface area (TPSA) is 186 Å². The minimum Gasteiger partial charge on any atom is -0.493 e. The van der Waals surface area contributed by atoms with Crippen LogP contribution in [-0.2, 0) is 41.4 Å². The van der Waals surface area contributed by atoms with Crippen LogP contribution in [0.1, 0.15) is 97.1 Å². The van der Waals surface area contributed by atoms with Crippen molar-refractivity contribution in [3.63, 3.8) is 0 Å². The number of amides is 3. The molecule has 334 valence electrons. The third kappa shape index (κ3) is 11.6. The van der Waals surface area contributed by atoms with Crippen molar-refractivity contribution in [1.29, 1.82) is 0 Å². The molecular formula is C46H63N3O12. The van der Waals surface area contributed by atoms with Crippen LogP contribution < -0.4 is 34.9 Å². The summed E-state index contributed by atoms with van der Waals surface area (Å²) in [4.78, 5) is 65.0. The van der Waals surface area contributed by atoms with E-state index >= 15 is 0 Å². The van der Waals surface area contributed by atoms with Gasteiger partial charge in [0.05, 0.1) is 33.9 Å². The van der Waals surface area contributed by atoms with E-state index < -0.39 is 42.3 Å². The average Bonchev–Trinajstić information content (AvgIpc) is 3.50. The molecule has 1 saturated heterocycles. The van der Waals surface area contributed by atoms with Gasteiger partial charge in [0.15, 0.2) is 23.0 Å². The van der Waals surface area contributed by atoms with Gasteiger partial charge in [0.1, 0.15) is 18.2 Å². The second-order valence-electron chi connectivity index (χ2n) is 19.3. The fourth-order valence-electron chi connectivity index (χ4n) is 10.9. The largest absolute Gasteiger partial charge is 0.493 e. The number of esters is 2. The predicted octanol–water partition coefficient (Wildman–Crippen LogP) is 6.46. The first-order valence-corrected chi connectivity index (χ1v) is 21.3. The number of methoxy groups -OCH3 is 3.